The Morgan fingerprint density at radius 2 is 1.90 bits per heavy atom. The highest BCUT2D eigenvalue weighted by Crippen LogP contribution is 2.31. The Hall–Kier alpha value is -3.39. The van der Waals surface area contributed by atoms with Gasteiger partial charge in [0.05, 0.1) is 18.8 Å². The molecule has 0 saturated carbocycles. The predicted molar refractivity (Wildman–Crippen MR) is 119 cm³/mol. The van der Waals surface area contributed by atoms with Crippen LogP contribution in [0.15, 0.2) is 57.8 Å². The Kier molecular flexibility index (Phi) is 5.54. The molecule has 1 fully saturated rings. The van der Waals surface area contributed by atoms with E-state index in [1.807, 2.05) is 6.07 Å². The molecule has 2 aliphatic rings. The Morgan fingerprint density at radius 3 is 2.74 bits per heavy atom. The molecule has 8 nitrogen and oxygen atoms in total. The topological polar surface area (TPSA) is 96.3 Å². The van der Waals surface area contributed by atoms with Gasteiger partial charge in [0.25, 0.3) is 5.89 Å². The molecule has 31 heavy (non-hydrogen) atoms. The van der Waals surface area contributed by atoms with Gasteiger partial charge in [-0.2, -0.15) is 0 Å². The third-order valence-electron chi connectivity index (χ3n) is 5.73. The second-order valence-electron chi connectivity index (χ2n) is 7.81. The molecule has 2 aromatic heterocycles. The minimum atomic E-state index is -0.162. The van der Waals surface area contributed by atoms with Crippen molar-refractivity contribution in [1.29, 1.82) is 0 Å². The minimum absolute atomic E-state index is 0.162. The molecule has 160 valence electrons. The molecule has 0 bridgehead atoms. The van der Waals surface area contributed by atoms with Crippen LogP contribution in [-0.2, 0) is 4.74 Å². The van der Waals surface area contributed by atoms with Crippen molar-refractivity contribution < 1.29 is 9.15 Å². The zero-order chi connectivity index (χ0) is 21.0. The number of rotatable bonds is 5. The van der Waals surface area contributed by atoms with Crippen LogP contribution in [0.25, 0.3) is 17.0 Å². The summed E-state index contributed by atoms with van der Waals surface area (Å²) in [7, 11) is 0. The number of aromatic amines is 1. The summed E-state index contributed by atoms with van der Waals surface area (Å²) >= 11 is 0. The molecule has 1 saturated heterocycles. The number of benzene rings is 1. The third-order valence-corrected chi connectivity index (χ3v) is 5.73. The molecule has 5 rings (SSSR count). The van der Waals surface area contributed by atoms with E-state index in [0.29, 0.717) is 44.0 Å². The second kappa shape index (κ2) is 8.77. The normalized spacial score (nSPS) is 19.2. The first-order chi connectivity index (χ1) is 15.3. The molecule has 0 amide bonds. The van der Waals surface area contributed by atoms with Crippen molar-refractivity contribution in [3.05, 3.63) is 64.5 Å². The number of allylic oxidation sites excluding steroid dienone is 1. The molecule has 3 aromatic rings. The lowest BCUT2D eigenvalue weighted by atomic mass is 9.90. The van der Waals surface area contributed by atoms with E-state index in [9.17, 15) is 4.79 Å². The molecule has 1 atom stereocenters. The van der Waals surface area contributed by atoms with Gasteiger partial charge in [0.15, 0.2) is 0 Å². The Morgan fingerprint density at radius 1 is 1.06 bits per heavy atom. The number of nitrogens with one attached hydrogen (secondary N) is 2. The first-order valence-corrected chi connectivity index (χ1v) is 10.7. The van der Waals surface area contributed by atoms with Gasteiger partial charge in [-0.1, -0.05) is 41.5 Å². The van der Waals surface area contributed by atoms with Gasteiger partial charge in [0, 0.05) is 25.2 Å². The van der Waals surface area contributed by atoms with Gasteiger partial charge in [-0.15, -0.1) is 5.10 Å². The first-order valence-electron chi connectivity index (χ1n) is 10.7. The van der Waals surface area contributed by atoms with Gasteiger partial charge in [-0.25, -0.2) is 0 Å². The van der Waals surface area contributed by atoms with E-state index >= 15 is 0 Å². The lowest BCUT2D eigenvalue weighted by Crippen LogP contribution is -2.37. The van der Waals surface area contributed by atoms with E-state index in [4.69, 9.17) is 9.15 Å². The van der Waals surface area contributed by atoms with Gasteiger partial charge < -0.3 is 24.4 Å². The monoisotopic (exact) mass is 419 g/mol. The summed E-state index contributed by atoms with van der Waals surface area (Å²) < 4.78 is 11.4. The van der Waals surface area contributed by atoms with Crippen LogP contribution in [0.2, 0.25) is 0 Å². The summed E-state index contributed by atoms with van der Waals surface area (Å²) in [4.78, 5) is 16.9. The fraction of sp³-hybridized carbons (Fsp3) is 0.348. The average molecular weight is 419 g/mol. The van der Waals surface area contributed by atoms with Crippen LogP contribution in [0.4, 0.5) is 11.8 Å². The summed E-state index contributed by atoms with van der Waals surface area (Å²) in [5, 5.41) is 11.8. The molecule has 0 spiro atoms. The van der Waals surface area contributed by atoms with E-state index in [0.717, 1.165) is 24.8 Å². The zero-order valence-electron chi connectivity index (χ0n) is 17.2. The molecular weight excluding hydrogens is 394 g/mol. The van der Waals surface area contributed by atoms with Crippen LogP contribution < -0.4 is 15.8 Å². The fourth-order valence-electron chi connectivity index (χ4n) is 4.16. The summed E-state index contributed by atoms with van der Waals surface area (Å²) in [6.07, 6.45) is 5.22. The molecule has 3 heterocycles. The highest BCUT2D eigenvalue weighted by molar-refractivity contribution is 5.70. The van der Waals surface area contributed by atoms with E-state index in [1.165, 1.54) is 17.2 Å². The van der Waals surface area contributed by atoms with Crippen LogP contribution >= 0.6 is 0 Å². The molecule has 1 aliphatic carbocycles. The maximum Gasteiger partial charge on any atom is 0.315 e. The maximum absolute atomic E-state index is 11.9. The second-order valence-corrected chi connectivity index (χ2v) is 7.81. The Balaban J connectivity index is 1.33. The number of ether oxygens (including phenoxy) is 1. The standard InChI is InChI=1S/C23H25N5O3/c29-20-10-9-19(21(25-20)28-11-13-30-14-12-28)22-26-27-23(31-22)24-18-8-4-7-17(15-18)16-5-2-1-3-6-16/h1-3,5-7,9-10,18H,4,8,11-15H2,(H,24,27)(H,25,29)/t18-/m0/s1. The highest BCUT2D eigenvalue weighted by Gasteiger charge is 2.22. The van der Waals surface area contributed by atoms with Gasteiger partial charge in [-0.3, -0.25) is 4.79 Å². The number of nitrogens with zero attached hydrogens (tertiary/aromatic N) is 3. The lowest BCUT2D eigenvalue weighted by molar-refractivity contribution is 0.122. The van der Waals surface area contributed by atoms with Crippen LogP contribution in [0.1, 0.15) is 24.8 Å². The minimum Gasteiger partial charge on any atom is -0.403 e. The van der Waals surface area contributed by atoms with Crippen LogP contribution in [-0.4, -0.2) is 47.5 Å². The number of pyridine rings is 1. The smallest absolute Gasteiger partial charge is 0.315 e. The quantitative estimate of drug-likeness (QED) is 0.655. The van der Waals surface area contributed by atoms with Crippen molar-refractivity contribution in [3.8, 4) is 11.5 Å². The van der Waals surface area contributed by atoms with Gasteiger partial charge >= 0.3 is 6.01 Å². The predicted octanol–water partition coefficient (Wildman–Crippen LogP) is 3.31. The molecule has 8 heteroatoms. The Bertz CT molecular complexity index is 1120. The van der Waals surface area contributed by atoms with Crippen LogP contribution in [0, 0.1) is 0 Å². The zero-order valence-corrected chi connectivity index (χ0v) is 17.2. The summed E-state index contributed by atoms with van der Waals surface area (Å²) in [5.41, 5.74) is 3.14. The number of hydrogen-bond donors (Lipinski definition) is 2. The molecule has 0 radical (unpaired) electrons. The SMILES string of the molecule is O=c1ccc(-c2nnc(N[C@H]3CCC=C(c4ccccc4)C3)o2)c(N2CCOCC2)[nH]1. The number of anilines is 2. The molecule has 0 unspecified atom stereocenters. The van der Waals surface area contributed by atoms with E-state index < -0.39 is 0 Å². The van der Waals surface area contributed by atoms with Crippen molar-refractivity contribution in [2.45, 2.75) is 25.3 Å². The number of morpholine rings is 1. The van der Waals surface area contributed by atoms with Crippen molar-refractivity contribution in [2.75, 3.05) is 36.5 Å². The van der Waals surface area contributed by atoms with Crippen LogP contribution in [0.3, 0.4) is 0 Å². The number of hydrogen-bond acceptors (Lipinski definition) is 7. The van der Waals surface area contributed by atoms with Crippen molar-refractivity contribution in [2.24, 2.45) is 0 Å². The summed E-state index contributed by atoms with van der Waals surface area (Å²) in [6.45, 7) is 2.63. The van der Waals surface area contributed by atoms with Crippen molar-refractivity contribution >= 4 is 17.4 Å². The molecule has 1 aliphatic heterocycles. The van der Waals surface area contributed by atoms with E-state index in [-0.39, 0.29) is 11.6 Å². The lowest BCUT2D eigenvalue weighted by Gasteiger charge is -2.29. The average Bonchev–Trinajstić information content (AvgIpc) is 3.28. The first kappa shape index (κ1) is 19.6. The number of H-pyrrole nitrogens is 1. The fourth-order valence-corrected chi connectivity index (χ4v) is 4.16. The maximum atomic E-state index is 11.9. The van der Waals surface area contributed by atoms with Crippen LogP contribution in [0.5, 0.6) is 0 Å². The van der Waals surface area contributed by atoms with Gasteiger partial charge in [-0.05, 0) is 36.5 Å². The van der Waals surface area contributed by atoms with Crippen molar-refractivity contribution in [1.82, 2.24) is 15.2 Å². The number of aromatic nitrogens is 3. The molecule has 1 aromatic carbocycles. The summed E-state index contributed by atoms with van der Waals surface area (Å²) in [6, 6.07) is 14.3. The third kappa shape index (κ3) is 4.39. The van der Waals surface area contributed by atoms with Gasteiger partial charge in [0.1, 0.15) is 5.82 Å². The molecular formula is C23H25N5O3. The van der Waals surface area contributed by atoms with Crippen molar-refractivity contribution in [3.63, 3.8) is 0 Å². The molecule has 2 N–H and O–H groups in total. The van der Waals surface area contributed by atoms with E-state index in [2.05, 4.69) is 55.7 Å². The highest BCUT2D eigenvalue weighted by atomic mass is 16.5. The largest absolute Gasteiger partial charge is 0.403 e. The van der Waals surface area contributed by atoms with E-state index in [1.54, 1.807) is 6.07 Å². The Labute approximate surface area is 180 Å². The van der Waals surface area contributed by atoms with Gasteiger partial charge in [0.2, 0.25) is 5.56 Å². The summed E-state index contributed by atoms with van der Waals surface area (Å²) in [5.74, 6) is 1.08.